The van der Waals surface area contributed by atoms with Gasteiger partial charge < -0.3 is 19.7 Å². The fourth-order valence-corrected chi connectivity index (χ4v) is 2.19. The number of fused-ring (bicyclic) bond motifs is 1. The van der Waals surface area contributed by atoms with E-state index in [-0.39, 0.29) is 6.03 Å². The maximum atomic E-state index is 11.8. The van der Waals surface area contributed by atoms with E-state index in [0.717, 1.165) is 42.9 Å². The highest BCUT2D eigenvalue weighted by Gasteiger charge is 2.12. The Hall–Kier alpha value is -1.91. The molecule has 0 atom stereocenters. The van der Waals surface area contributed by atoms with Crippen LogP contribution in [0.1, 0.15) is 25.3 Å². The lowest BCUT2D eigenvalue weighted by atomic mass is 10.1. The summed E-state index contributed by atoms with van der Waals surface area (Å²) in [5.41, 5.74) is 1.13. The number of nitrogens with one attached hydrogen (secondary N) is 1. The largest absolute Gasteiger partial charge is 0.486 e. The van der Waals surface area contributed by atoms with Crippen LogP contribution in [0.3, 0.4) is 0 Å². The van der Waals surface area contributed by atoms with Gasteiger partial charge in [-0.1, -0.05) is 19.4 Å². The third-order valence-corrected chi connectivity index (χ3v) is 3.49. The van der Waals surface area contributed by atoms with E-state index in [9.17, 15) is 4.79 Å². The highest BCUT2D eigenvalue weighted by molar-refractivity contribution is 5.73. The topological polar surface area (TPSA) is 50.8 Å². The number of nitrogens with zero attached hydrogens (tertiary/aromatic N) is 1. The fourth-order valence-electron chi connectivity index (χ4n) is 2.19. The molecule has 5 heteroatoms. The highest BCUT2D eigenvalue weighted by Crippen LogP contribution is 2.30. The lowest BCUT2D eigenvalue weighted by molar-refractivity contribution is 0.171. The molecule has 0 saturated heterocycles. The number of urea groups is 1. The number of carbonyl (C=O) groups is 1. The van der Waals surface area contributed by atoms with E-state index in [0.29, 0.717) is 19.8 Å². The van der Waals surface area contributed by atoms with Gasteiger partial charge in [-0.05, 0) is 30.5 Å². The Balaban J connectivity index is 1.77. The number of rotatable bonds is 6. The Kier molecular flexibility index (Phi) is 5.72. The van der Waals surface area contributed by atoms with Gasteiger partial charge in [0.05, 0.1) is 0 Å². The molecule has 0 aromatic heterocycles. The van der Waals surface area contributed by atoms with Crippen molar-refractivity contribution < 1.29 is 14.3 Å². The minimum Gasteiger partial charge on any atom is -0.486 e. The van der Waals surface area contributed by atoms with Crippen LogP contribution < -0.4 is 14.8 Å². The summed E-state index contributed by atoms with van der Waals surface area (Å²) in [6, 6.07) is 5.92. The molecular formula is C16H24N2O3. The number of benzene rings is 1. The van der Waals surface area contributed by atoms with Crippen molar-refractivity contribution in [2.75, 3.05) is 33.4 Å². The normalized spacial score (nSPS) is 12.9. The fraction of sp³-hybridized carbons (Fsp3) is 0.562. The van der Waals surface area contributed by atoms with Crippen LogP contribution in [0.2, 0.25) is 0 Å². The monoisotopic (exact) mass is 292 g/mol. The van der Waals surface area contributed by atoms with Gasteiger partial charge in [-0.2, -0.15) is 0 Å². The zero-order valence-electron chi connectivity index (χ0n) is 12.9. The van der Waals surface area contributed by atoms with Gasteiger partial charge in [0.1, 0.15) is 13.2 Å². The van der Waals surface area contributed by atoms with Crippen LogP contribution in [0.15, 0.2) is 18.2 Å². The number of hydrogen-bond donors (Lipinski definition) is 1. The Morgan fingerprint density at radius 1 is 1.29 bits per heavy atom. The van der Waals surface area contributed by atoms with Crippen molar-refractivity contribution >= 4 is 6.03 Å². The van der Waals surface area contributed by atoms with Crippen LogP contribution >= 0.6 is 0 Å². The minimum atomic E-state index is -0.0130. The molecule has 1 N–H and O–H groups in total. The summed E-state index contributed by atoms with van der Waals surface area (Å²) in [6.07, 6.45) is 2.91. The van der Waals surface area contributed by atoms with Gasteiger partial charge >= 0.3 is 6.03 Å². The van der Waals surface area contributed by atoms with Crippen LogP contribution in [0, 0.1) is 0 Å². The van der Waals surface area contributed by atoms with E-state index in [1.807, 2.05) is 25.2 Å². The lowest BCUT2D eigenvalue weighted by Gasteiger charge is -2.19. The van der Waals surface area contributed by atoms with Crippen molar-refractivity contribution in [2.24, 2.45) is 0 Å². The summed E-state index contributed by atoms with van der Waals surface area (Å²) in [4.78, 5) is 13.6. The lowest BCUT2D eigenvalue weighted by Crippen LogP contribution is -2.38. The molecule has 1 aromatic carbocycles. The van der Waals surface area contributed by atoms with E-state index in [1.54, 1.807) is 4.90 Å². The molecule has 0 spiro atoms. The Labute approximate surface area is 126 Å². The van der Waals surface area contributed by atoms with Crippen molar-refractivity contribution in [2.45, 2.75) is 26.2 Å². The van der Waals surface area contributed by atoms with Crippen molar-refractivity contribution in [3.8, 4) is 11.5 Å². The van der Waals surface area contributed by atoms with Crippen LogP contribution in [0.25, 0.3) is 0 Å². The first kappa shape index (κ1) is 15.5. The van der Waals surface area contributed by atoms with Crippen molar-refractivity contribution in [3.05, 3.63) is 23.8 Å². The Morgan fingerprint density at radius 2 is 2.05 bits per heavy atom. The quantitative estimate of drug-likeness (QED) is 0.876. The van der Waals surface area contributed by atoms with Gasteiger partial charge in [0, 0.05) is 20.1 Å². The van der Waals surface area contributed by atoms with E-state index in [2.05, 4.69) is 12.2 Å². The van der Waals surface area contributed by atoms with Crippen LogP contribution in [-0.4, -0.2) is 44.3 Å². The first-order valence-electron chi connectivity index (χ1n) is 7.58. The summed E-state index contributed by atoms with van der Waals surface area (Å²) in [6.45, 7) is 4.73. The molecule has 0 aliphatic carbocycles. The second-order valence-corrected chi connectivity index (χ2v) is 5.24. The molecule has 5 nitrogen and oxygen atoms in total. The van der Waals surface area contributed by atoms with Gasteiger partial charge in [-0.15, -0.1) is 0 Å². The summed E-state index contributed by atoms with van der Waals surface area (Å²) in [5.74, 6) is 1.60. The average molecular weight is 292 g/mol. The molecule has 0 bridgehead atoms. The van der Waals surface area contributed by atoms with Gasteiger partial charge in [0.15, 0.2) is 11.5 Å². The summed E-state index contributed by atoms with van der Waals surface area (Å²) < 4.78 is 11.0. The minimum absolute atomic E-state index is 0.0130. The molecule has 116 valence electrons. The molecule has 0 saturated carbocycles. The average Bonchev–Trinajstić information content (AvgIpc) is 2.52. The van der Waals surface area contributed by atoms with Crippen LogP contribution in [-0.2, 0) is 6.42 Å². The van der Waals surface area contributed by atoms with Gasteiger partial charge in [-0.25, -0.2) is 4.79 Å². The predicted molar refractivity (Wildman–Crippen MR) is 82.1 cm³/mol. The maximum Gasteiger partial charge on any atom is 0.317 e. The van der Waals surface area contributed by atoms with Gasteiger partial charge in [0.25, 0.3) is 0 Å². The van der Waals surface area contributed by atoms with Crippen molar-refractivity contribution in [3.63, 3.8) is 0 Å². The zero-order valence-corrected chi connectivity index (χ0v) is 12.9. The molecule has 2 amide bonds. The molecule has 0 unspecified atom stereocenters. The Morgan fingerprint density at radius 3 is 2.81 bits per heavy atom. The summed E-state index contributed by atoms with van der Waals surface area (Å²) >= 11 is 0. The third-order valence-electron chi connectivity index (χ3n) is 3.49. The second kappa shape index (κ2) is 7.76. The number of unbranched alkanes of at least 4 members (excludes halogenated alkanes) is 1. The first-order chi connectivity index (χ1) is 10.2. The van der Waals surface area contributed by atoms with Gasteiger partial charge in [0.2, 0.25) is 0 Å². The van der Waals surface area contributed by atoms with E-state index in [1.165, 1.54) is 0 Å². The summed E-state index contributed by atoms with van der Waals surface area (Å²) in [5, 5.41) is 2.93. The number of ether oxygens (including phenoxy) is 2. The Bertz CT molecular complexity index is 477. The molecule has 1 heterocycles. The smallest absolute Gasteiger partial charge is 0.317 e. The van der Waals surface area contributed by atoms with E-state index < -0.39 is 0 Å². The van der Waals surface area contributed by atoms with E-state index >= 15 is 0 Å². The van der Waals surface area contributed by atoms with Gasteiger partial charge in [-0.3, -0.25) is 0 Å². The highest BCUT2D eigenvalue weighted by atomic mass is 16.6. The first-order valence-corrected chi connectivity index (χ1v) is 7.58. The number of hydrogen-bond acceptors (Lipinski definition) is 3. The number of carbonyl (C=O) groups excluding carboxylic acids is 1. The standard InChI is InChI=1S/C16H24N2O3/c1-3-4-9-18(2)16(19)17-8-7-13-5-6-14-15(12-13)21-11-10-20-14/h5-6,12H,3-4,7-11H2,1-2H3,(H,17,19). The molecule has 0 fully saturated rings. The van der Waals surface area contributed by atoms with Crippen molar-refractivity contribution in [1.82, 2.24) is 10.2 Å². The third kappa shape index (κ3) is 4.55. The van der Waals surface area contributed by atoms with Crippen LogP contribution in [0.5, 0.6) is 11.5 Å². The SMILES string of the molecule is CCCCN(C)C(=O)NCCc1ccc2c(c1)OCCO2. The molecule has 0 radical (unpaired) electrons. The summed E-state index contributed by atoms with van der Waals surface area (Å²) in [7, 11) is 1.83. The molecule has 1 aliphatic heterocycles. The molecule has 1 aromatic rings. The molecule has 1 aliphatic rings. The molecule has 2 rings (SSSR count). The predicted octanol–water partition coefficient (Wildman–Crippen LogP) is 2.44. The van der Waals surface area contributed by atoms with E-state index in [4.69, 9.17) is 9.47 Å². The second-order valence-electron chi connectivity index (χ2n) is 5.24. The molecular weight excluding hydrogens is 268 g/mol. The van der Waals surface area contributed by atoms with Crippen LogP contribution in [0.4, 0.5) is 4.79 Å². The van der Waals surface area contributed by atoms with Crippen molar-refractivity contribution in [1.29, 1.82) is 0 Å². The maximum absolute atomic E-state index is 11.8. The molecule has 21 heavy (non-hydrogen) atoms. The zero-order chi connectivity index (χ0) is 15.1. The number of amides is 2.